The van der Waals surface area contributed by atoms with Crippen LogP contribution >= 0.6 is 0 Å². The zero-order valence-electron chi connectivity index (χ0n) is 29.3. The summed E-state index contributed by atoms with van der Waals surface area (Å²) in [5.41, 5.74) is 9.76. The van der Waals surface area contributed by atoms with Gasteiger partial charge in [-0.15, -0.1) is 0 Å². The lowest BCUT2D eigenvalue weighted by Crippen LogP contribution is -2.18. The predicted octanol–water partition coefficient (Wildman–Crippen LogP) is 13.4. The lowest BCUT2D eigenvalue weighted by atomic mass is 9.89. The smallest absolute Gasteiger partial charge is 0.409 e. The van der Waals surface area contributed by atoms with Gasteiger partial charge in [0.2, 0.25) is 0 Å². The molecule has 0 bridgehead atoms. The molecule has 0 aromatic heterocycles. The molecule has 3 heteroatoms. The molecule has 250 valence electrons. The normalized spacial score (nSPS) is 11.3. The van der Waals surface area contributed by atoms with Crippen molar-refractivity contribution in [2.75, 3.05) is 0 Å². The van der Waals surface area contributed by atoms with Gasteiger partial charge in [-0.3, -0.25) is 0 Å². The quantitative estimate of drug-likeness (QED) is 0.0863. The van der Waals surface area contributed by atoms with E-state index in [1.54, 1.807) is 0 Å². The molecule has 0 radical (unpaired) electrons. The first kappa shape index (κ1) is 39.5. The highest BCUT2D eigenvalue weighted by Gasteiger charge is 2.16. The maximum absolute atomic E-state index is 11.8. The van der Waals surface area contributed by atoms with Gasteiger partial charge in [0.05, 0.1) is 0 Å². The number of carbonyl (C=O) groups is 1. The summed E-state index contributed by atoms with van der Waals surface area (Å²) in [5.74, 6) is 0.716. The summed E-state index contributed by atoms with van der Waals surface area (Å²) >= 11 is 0. The molecular weight excluding hydrogens is 526 g/mol. The third-order valence-corrected chi connectivity index (χ3v) is 9.31. The Bertz CT molecular complexity index is 774. The van der Waals surface area contributed by atoms with Gasteiger partial charge >= 0.3 is 6.09 Å². The zero-order valence-corrected chi connectivity index (χ0v) is 29.3. The molecule has 0 aliphatic heterocycles. The second-order valence-corrected chi connectivity index (χ2v) is 13.3. The Morgan fingerprint density at radius 3 is 1.16 bits per heavy atom. The Labute approximate surface area is 268 Å². The Morgan fingerprint density at radius 1 is 0.465 bits per heavy atom. The third kappa shape index (κ3) is 21.8. The van der Waals surface area contributed by atoms with Gasteiger partial charge in [0.1, 0.15) is 5.75 Å². The number of ether oxygens (including phenoxy) is 1. The monoisotopic (exact) mass is 600 g/mol. The molecule has 0 fully saturated rings. The lowest BCUT2D eigenvalue weighted by Gasteiger charge is -2.19. The van der Waals surface area contributed by atoms with Crippen molar-refractivity contribution in [3.05, 3.63) is 28.8 Å². The molecule has 1 rings (SSSR count). The van der Waals surface area contributed by atoms with Crippen LogP contribution in [0.25, 0.3) is 0 Å². The van der Waals surface area contributed by atoms with Crippen LogP contribution < -0.4 is 10.5 Å². The number of carbonyl (C=O) groups excluding carboxylic acids is 1. The van der Waals surface area contributed by atoms with E-state index in [0.29, 0.717) is 5.75 Å². The highest BCUT2D eigenvalue weighted by atomic mass is 16.5. The molecule has 0 heterocycles. The standard InChI is InChI=1S/C40H73NO2/c1-4-7-10-13-16-19-22-25-28-31-36-34-35-39(43-40(41)42)38(33-30-27-24-21-18-15-12-9-6-3)37(36)32-29-26-23-20-17-14-11-8-5-2/h34-35H,4-33H2,1-3H3,(H2,41,42). The minimum Gasteiger partial charge on any atom is -0.410 e. The molecule has 0 spiro atoms. The van der Waals surface area contributed by atoms with Crippen molar-refractivity contribution in [2.24, 2.45) is 5.73 Å². The molecule has 1 aromatic rings. The van der Waals surface area contributed by atoms with Gasteiger partial charge in [0.25, 0.3) is 0 Å². The van der Waals surface area contributed by atoms with Crippen molar-refractivity contribution >= 4 is 6.09 Å². The first-order valence-electron chi connectivity index (χ1n) is 19.2. The van der Waals surface area contributed by atoms with Crippen molar-refractivity contribution in [3.63, 3.8) is 0 Å². The van der Waals surface area contributed by atoms with E-state index in [9.17, 15) is 4.79 Å². The largest absolute Gasteiger partial charge is 0.410 e. The van der Waals surface area contributed by atoms with E-state index < -0.39 is 6.09 Å². The highest BCUT2D eigenvalue weighted by molar-refractivity contribution is 5.69. The molecule has 1 aromatic carbocycles. The number of benzene rings is 1. The second-order valence-electron chi connectivity index (χ2n) is 13.3. The van der Waals surface area contributed by atoms with Crippen molar-refractivity contribution in [1.29, 1.82) is 0 Å². The molecule has 0 saturated carbocycles. The van der Waals surface area contributed by atoms with Crippen molar-refractivity contribution in [2.45, 2.75) is 213 Å². The molecule has 3 nitrogen and oxygen atoms in total. The molecular formula is C40H73NO2. The average Bonchev–Trinajstić information content (AvgIpc) is 2.99. The molecule has 0 aliphatic carbocycles. The minimum absolute atomic E-state index is 0.686. The third-order valence-electron chi connectivity index (χ3n) is 9.31. The van der Waals surface area contributed by atoms with Crippen LogP contribution in [0.4, 0.5) is 4.79 Å². The minimum atomic E-state index is -0.686. The number of aryl methyl sites for hydroxylation is 1. The van der Waals surface area contributed by atoms with Crippen LogP contribution in [0.2, 0.25) is 0 Å². The fourth-order valence-electron chi connectivity index (χ4n) is 6.59. The van der Waals surface area contributed by atoms with E-state index in [2.05, 4.69) is 26.8 Å². The summed E-state index contributed by atoms with van der Waals surface area (Å²) < 4.78 is 5.60. The molecule has 0 saturated heterocycles. The lowest BCUT2D eigenvalue weighted by molar-refractivity contribution is 0.210. The topological polar surface area (TPSA) is 52.3 Å². The van der Waals surface area contributed by atoms with Crippen molar-refractivity contribution < 1.29 is 9.53 Å². The summed E-state index contributed by atoms with van der Waals surface area (Å²) in [6.07, 6.45) is 38.8. The second kappa shape index (κ2) is 29.2. The maximum Gasteiger partial charge on any atom is 0.409 e. The van der Waals surface area contributed by atoms with Crippen LogP contribution in [-0.2, 0) is 19.3 Å². The van der Waals surface area contributed by atoms with E-state index >= 15 is 0 Å². The van der Waals surface area contributed by atoms with Crippen LogP contribution in [0.5, 0.6) is 5.75 Å². The molecule has 43 heavy (non-hydrogen) atoms. The van der Waals surface area contributed by atoms with Crippen LogP contribution in [-0.4, -0.2) is 6.09 Å². The number of unbranched alkanes of at least 4 members (excludes halogenated alkanes) is 24. The molecule has 1 amide bonds. The van der Waals surface area contributed by atoms with Crippen molar-refractivity contribution in [1.82, 2.24) is 0 Å². The van der Waals surface area contributed by atoms with Gasteiger partial charge in [-0.25, -0.2) is 4.79 Å². The molecule has 0 atom stereocenters. The van der Waals surface area contributed by atoms with Gasteiger partial charge in [0.15, 0.2) is 0 Å². The fourth-order valence-corrected chi connectivity index (χ4v) is 6.59. The summed E-state index contributed by atoms with van der Waals surface area (Å²) in [6.45, 7) is 6.86. The number of hydrogen-bond acceptors (Lipinski definition) is 2. The number of hydrogen-bond donors (Lipinski definition) is 1. The molecule has 0 unspecified atom stereocenters. The van der Waals surface area contributed by atoms with Crippen LogP contribution in [0.3, 0.4) is 0 Å². The van der Waals surface area contributed by atoms with E-state index in [-0.39, 0.29) is 0 Å². The van der Waals surface area contributed by atoms with Crippen LogP contribution in [0.15, 0.2) is 12.1 Å². The summed E-state index contributed by atoms with van der Waals surface area (Å²) in [6, 6.07) is 4.28. The number of primary amides is 1. The Kier molecular flexibility index (Phi) is 26.8. The van der Waals surface area contributed by atoms with E-state index in [1.165, 1.54) is 184 Å². The molecule has 2 N–H and O–H groups in total. The fraction of sp³-hybridized carbons (Fsp3) is 0.825. The summed E-state index contributed by atoms with van der Waals surface area (Å²) in [4.78, 5) is 11.8. The van der Waals surface area contributed by atoms with Crippen molar-refractivity contribution in [3.8, 4) is 5.75 Å². The number of amides is 1. The Balaban J connectivity index is 2.75. The first-order valence-corrected chi connectivity index (χ1v) is 19.2. The van der Waals surface area contributed by atoms with E-state index in [0.717, 1.165) is 25.7 Å². The number of rotatable bonds is 31. The predicted molar refractivity (Wildman–Crippen MR) is 189 cm³/mol. The van der Waals surface area contributed by atoms with E-state index in [4.69, 9.17) is 10.5 Å². The van der Waals surface area contributed by atoms with Crippen LogP contribution in [0, 0.1) is 0 Å². The zero-order chi connectivity index (χ0) is 31.2. The average molecular weight is 600 g/mol. The van der Waals surface area contributed by atoms with Gasteiger partial charge in [-0.2, -0.15) is 0 Å². The van der Waals surface area contributed by atoms with Gasteiger partial charge < -0.3 is 10.5 Å². The Morgan fingerprint density at radius 2 is 0.791 bits per heavy atom. The highest BCUT2D eigenvalue weighted by Crippen LogP contribution is 2.31. The SMILES string of the molecule is CCCCCCCCCCCc1ccc(OC(N)=O)c(CCCCCCCCCCC)c1CCCCCCCCCCC. The van der Waals surface area contributed by atoms with Gasteiger partial charge in [-0.1, -0.05) is 181 Å². The Hall–Kier alpha value is -1.51. The first-order chi connectivity index (χ1) is 21.1. The van der Waals surface area contributed by atoms with Gasteiger partial charge in [-0.05, 0) is 61.3 Å². The van der Waals surface area contributed by atoms with E-state index in [1.807, 2.05) is 6.07 Å². The van der Waals surface area contributed by atoms with Gasteiger partial charge in [0, 0.05) is 0 Å². The molecule has 0 aliphatic rings. The van der Waals surface area contributed by atoms with Crippen LogP contribution in [0.1, 0.15) is 211 Å². The number of nitrogens with two attached hydrogens (primary N) is 1. The summed E-state index contributed by atoms with van der Waals surface area (Å²) in [5, 5.41) is 0. The maximum atomic E-state index is 11.8. The summed E-state index contributed by atoms with van der Waals surface area (Å²) in [7, 11) is 0.